The summed E-state index contributed by atoms with van der Waals surface area (Å²) in [7, 11) is 2.03. The molecule has 1 aromatic rings. The Balaban J connectivity index is 2.82. The van der Waals surface area contributed by atoms with Crippen LogP contribution in [0.2, 0.25) is 0 Å². The van der Waals surface area contributed by atoms with Crippen LogP contribution in [0.15, 0.2) is 12.3 Å². The van der Waals surface area contributed by atoms with Crippen LogP contribution >= 0.6 is 0 Å². The van der Waals surface area contributed by atoms with Crippen LogP contribution in [0.4, 0.5) is 0 Å². The zero-order chi connectivity index (χ0) is 12.0. The van der Waals surface area contributed by atoms with E-state index in [2.05, 4.69) is 37.3 Å². The lowest BCUT2D eigenvalue weighted by molar-refractivity contribution is 0.327. The molecule has 1 rings (SSSR count). The van der Waals surface area contributed by atoms with E-state index in [-0.39, 0.29) is 0 Å². The lowest BCUT2D eigenvalue weighted by atomic mass is 9.91. The van der Waals surface area contributed by atoms with Crippen LogP contribution in [-0.2, 0) is 7.05 Å². The predicted molar refractivity (Wildman–Crippen MR) is 68.3 cm³/mol. The van der Waals surface area contributed by atoms with Crippen LogP contribution in [-0.4, -0.2) is 16.3 Å². The Hall–Kier alpha value is -0.830. The summed E-state index contributed by atoms with van der Waals surface area (Å²) in [5.41, 5.74) is 1.31. The highest BCUT2D eigenvalue weighted by molar-refractivity contribution is 5.08. The smallest absolute Gasteiger partial charge is 0.0553 e. The third kappa shape index (κ3) is 3.08. The number of hydrogen-bond acceptors (Lipinski definition) is 2. The molecule has 0 aliphatic rings. The van der Waals surface area contributed by atoms with Gasteiger partial charge >= 0.3 is 0 Å². The highest BCUT2D eigenvalue weighted by Crippen LogP contribution is 2.26. The van der Waals surface area contributed by atoms with Crippen molar-refractivity contribution in [2.45, 2.75) is 46.1 Å². The van der Waals surface area contributed by atoms with Crippen LogP contribution in [0.1, 0.15) is 51.8 Å². The van der Waals surface area contributed by atoms with Gasteiger partial charge in [-0.05, 0) is 24.9 Å². The maximum Gasteiger partial charge on any atom is 0.0553 e. The van der Waals surface area contributed by atoms with Crippen molar-refractivity contribution in [3.8, 4) is 0 Å². The lowest BCUT2D eigenvalue weighted by Gasteiger charge is -2.26. The third-order valence-electron chi connectivity index (χ3n) is 3.31. The maximum atomic E-state index is 4.27. The van der Waals surface area contributed by atoms with E-state index in [1.165, 1.54) is 25.0 Å². The maximum absolute atomic E-state index is 4.27. The van der Waals surface area contributed by atoms with Crippen molar-refractivity contribution in [1.82, 2.24) is 15.1 Å². The first kappa shape index (κ1) is 13.2. The fourth-order valence-corrected chi connectivity index (χ4v) is 2.26. The molecule has 0 saturated heterocycles. The van der Waals surface area contributed by atoms with Gasteiger partial charge in [0.05, 0.1) is 11.7 Å². The second-order valence-corrected chi connectivity index (χ2v) is 4.39. The Morgan fingerprint density at radius 1 is 1.31 bits per heavy atom. The second kappa shape index (κ2) is 6.69. The van der Waals surface area contributed by atoms with Crippen molar-refractivity contribution in [2.24, 2.45) is 13.0 Å². The van der Waals surface area contributed by atoms with Gasteiger partial charge < -0.3 is 5.32 Å². The van der Waals surface area contributed by atoms with Crippen molar-refractivity contribution in [3.05, 3.63) is 18.0 Å². The van der Waals surface area contributed by atoms with E-state index in [1.54, 1.807) is 0 Å². The number of nitrogens with one attached hydrogen (secondary N) is 1. The molecule has 0 aliphatic carbocycles. The van der Waals surface area contributed by atoms with E-state index < -0.39 is 0 Å². The Morgan fingerprint density at radius 3 is 2.44 bits per heavy atom. The van der Waals surface area contributed by atoms with Crippen molar-refractivity contribution in [1.29, 1.82) is 0 Å². The molecule has 1 heterocycles. The van der Waals surface area contributed by atoms with E-state index in [1.807, 2.05) is 17.9 Å². The first-order valence-corrected chi connectivity index (χ1v) is 6.45. The summed E-state index contributed by atoms with van der Waals surface area (Å²) in [6.45, 7) is 7.82. The van der Waals surface area contributed by atoms with E-state index in [0.717, 1.165) is 6.54 Å². The van der Waals surface area contributed by atoms with Crippen LogP contribution in [0, 0.1) is 5.92 Å². The molecular weight excluding hydrogens is 198 g/mol. The summed E-state index contributed by atoms with van der Waals surface area (Å²) in [4.78, 5) is 0. The van der Waals surface area contributed by atoms with Crippen LogP contribution in [0.25, 0.3) is 0 Å². The average Bonchev–Trinajstić information content (AvgIpc) is 2.71. The van der Waals surface area contributed by atoms with Gasteiger partial charge in [0, 0.05) is 13.2 Å². The van der Waals surface area contributed by atoms with Gasteiger partial charge in [-0.15, -0.1) is 0 Å². The summed E-state index contributed by atoms with van der Waals surface area (Å²) in [6.07, 6.45) is 5.49. The van der Waals surface area contributed by atoms with E-state index >= 15 is 0 Å². The molecule has 1 unspecified atom stereocenters. The molecule has 0 spiro atoms. The van der Waals surface area contributed by atoms with Crippen molar-refractivity contribution in [3.63, 3.8) is 0 Å². The Bertz CT molecular complexity index is 289. The Kier molecular flexibility index (Phi) is 5.53. The molecule has 0 saturated carbocycles. The van der Waals surface area contributed by atoms with Gasteiger partial charge in [-0.3, -0.25) is 4.68 Å². The van der Waals surface area contributed by atoms with Crippen molar-refractivity contribution < 1.29 is 0 Å². The topological polar surface area (TPSA) is 29.9 Å². The number of aryl methyl sites for hydroxylation is 1. The molecular formula is C13H25N3. The first-order chi connectivity index (χ1) is 7.74. The van der Waals surface area contributed by atoms with E-state index in [0.29, 0.717) is 12.0 Å². The molecule has 0 aliphatic heterocycles. The van der Waals surface area contributed by atoms with Crippen molar-refractivity contribution >= 4 is 0 Å². The Morgan fingerprint density at radius 2 is 2.00 bits per heavy atom. The van der Waals surface area contributed by atoms with Gasteiger partial charge in [-0.1, -0.05) is 33.6 Å². The quantitative estimate of drug-likeness (QED) is 0.770. The zero-order valence-corrected chi connectivity index (χ0v) is 11.0. The number of aromatic nitrogens is 2. The van der Waals surface area contributed by atoms with Gasteiger partial charge in [-0.25, -0.2) is 0 Å². The minimum absolute atomic E-state index is 0.447. The van der Waals surface area contributed by atoms with E-state index in [9.17, 15) is 0 Å². The highest BCUT2D eigenvalue weighted by atomic mass is 15.3. The zero-order valence-electron chi connectivity index (χ0n) is 11.0. The fraction of sp³-hybridized carbons (Fsp3) is 0.769. The van der Waals surface area contributed by atoms with Gasteiger partial charge in [0.1, 0.15) is 0 Å². The summed E-state index contributed by atoms with van der Waals surface area (Å²) in [5.74, 6) is 0.696. The van der Waals surface area contributed by atoms with Gasteiger partial charge in [0.25, 0.3) is 0 Å². The van der Waals surface area contributed by atoms with E-state index in [4.69, 9.17) is 0 Å². The molecule has 1 N–H and O–H groups in total. The molecule has 3 nitrogen and oxygen atoms in total. The molecule has 16 heavy (non-hydrogen) atoms. The largest absolute Gasteiger partial charge is 0.308 e. The standard InChI is InChI=1S/C13H25N3/c1-5-9-14-13(11(6-2)7-3)12-8-10-15-16(12)4/h8,10-11,13-14H,5-7,9H2,1-4H3. The van der Waals surface area contributed by atoms with Gasteiger partial charge in [-0.2, -0.15) is 5.10 Å². The predicted octanol–water partition coefficient (Wildman–Crippen LogP) is 2.90. The summed E-state index contributed by atoms with van der Waals surface area (Å²) < 4.78 is 1.99. The SMILES string of the molecule is CCCNC(c1ccnn1C)C(CC)CC. The highest BCUT2D eigenvalue weighted by Gasteiger charge is 2.21. The summed E-state index contributed by atoms with van der Waals surface area (Å²) in [6, 6.07) is 2.58. The summed E-state index contributed by atoms with van der Waals surface area (Å²) >= 11 is 0. The number of hydrogen-bond donors (Lipinski definition) is 1. The minimum atomic E-state index is 0.447. The van der Waals surface area contributed by atoms with Crippen LogP contribution < -0.4 is 5.32 Å². The normalized spacial score (nSPS) is 13.3. The number of nitrogens with zero attached hydrogens (tertiary/aromatic N) is 2. The summed E-state index contributed by atoms with van der Waals surface area (Å²) in [5, 5.41) is 7.93. The van der Waals surface area contributed by atoms with Gasteiger partial charge in [0.15, 0.2) is 0 Å². The molecule has 1 atom stereocenters. The molecule has 0 aromatic carbocycles. The monoisotopic (exact) mass is 223 g/mol. The second-order valence-electron chi connectivity index (χ2n) is 4.39. The fourth-order valence-electron chi connectivity index (χ4n) is 2.26. The van der Waals surface area contributed by atoms with Crippen molar-refractivity contribution in [2.75, 3.05) is 6.54 Å². The molecule has 92 valence electrons. The molecule has 0 fully saturated rings. The molecule has 0 radical (unpaired) electrons. The van der Waals surface area contributed by atoms with Crippen LogP contribution in [0.3, 0.4) is 0 Å². The molecule has 3 heteroatoms. The van der Waals surface area contributed by atoms with Gasteiger partial charge in [0.2, 0.25) is 0 Å². The van der Waals surface area contributed by atoms with Crippen LogP contribution in [0.5, 0.6) is 0 Å². The minimum Gasteiger partial charge on any atom is -0.308 e. The molecule has 1 aromatic heterocycles. The Labute approximate surface area is 99.2 Å². The average molecular weight is 223 g/mol. The lowest BCUT2D eigenvalue weighted by Crippen LogP contribution is -2.30. The molecule has 0 bridgehead atoms. The number of rotatable bonds is 7. The first-order valence-electron chi connectivity index (χ1n) is 6.45. The molecule has 0 amide bonds. The third-order valence-corrected chi connectivity index (χ3v) is 3.31.